The quantitative estimate of drug-likeness (QED) is 0.850. The van der Waals surface area contributed by atoms with E-state index >= 15 is 0 Å². The van der Waals surface area contributed by atoms with Gasteiger partial charge in [0.05, 0.1) is 5.60 Å². The van der Waals surface area contributed by atoms with Crippen molar-refractivity contribution >= 4 is 0 Å². The summed E-state index contributed by atoms with van der Waals surface area (Å²) in [6.45, 7) is 7.83. The molecular weight excluding hydrogens is 241 g/mol. The average molecular weight is 265 g/mol. The van der Waals surface area contributed by atoms with Gasteiger partial charge in [-0.05, 0) is 57.2 Å². The van der Waals surface area contributed by atoms with Gasteiger partial charge in [0, 0.05) is 19.2 Å². The molecule has 1 aliphatic rings. The van der Waals surface area contributed by atoms with E-state index in [-0.39, 0.29) is 11.4 Å². The molecule has 2 rings (SSSR count). The standard InChI is InChI=1S/C16H24FNO/c1-4-19-16(2,3)11-18-15-9-13(10-15)12-6-5-7-14(17)8-12/h5-8,13,15,18H,4,9-11H2,1-3H3. The van der Waals surface area contributed by atoms with Crippen molar-refractivity contribution in [2.45, 2.75) is 51.2 Å². The second-order valence-corrected chi connectivity index (χ2v) is 5.99. The summed E-state index contributed by atoms with van der Waals surface area (Å²) in [5.41, 5.74) is 1.01. The summed E-state index contributed by atoms with van der Waals surface area (Å²) in [5.74, 6) is 0.370. The number of ether oxygens (including phenoxy) is 1. The molecule has 19 heavy (non-hydrogen) atoms. The molecule has 1 fully saturated rings. The van der Waals surface area contributed by atoms with E-state index in [2.05, 4.69) is 19.2 Å². The van der Waals surface area contributed by atoms with E-state index in [0.717, 1.165) is 31.6 Å². The molecule has 0 atom stereocenters. The van der Waals surface area contributed by atoms with Crippen LogP contribution < -0.4 is 5.32 Å². The van der Waals surface area contributed by atoms with Crippen molar-refractivity contribution < 1.29 is 9.13 Å². The van der Waals surface area contributed by atoms with Gasteiger partial charge in [-0.25, -0.2) is 4.39 Å². The minimum atomic E-state index is -0.133. The highest BCUT2D eigenvalue weighted by Gasteiger charge is 2.31. The molecule has 2 nitrogen and oxygen atoms in total. The Kier molecular flexibility index (Phi) is 4.58. The van der Waals surface area contributed by atoms with E-state index < -0.39 is 0 Å². The Morgan fingerprint density at radius 3 is 2.74 bits per heavy atom. The number of nitrogens with one attached hydrogen (secondary N) is 1. The van der Waals surface area contributed by atoms with Gasteiger partial charge in [-0.3, -0.25) is 0 Å². The van der Waals surface area contributed by atoms with Gasteiger partial charge in [-0.2, -0.15) is 0 Å². The molecule has 1 aliphatic carbocycles. The van der Waals surface area contributed by atoms with Crippen LogP contribution in [0.5, 0.6) is 0 Å². The molecule has 0 aromatic heterocycles. The molecule has 0 unspecified atom stereocenters. The zero-order valence-electron chi connectivity index (χ0n) is 12.1. The second kappa shape index (κ2) is 6.02. The molecule has 0 radical (unpaired) electrons. The second-order valence-electron chi connectivity index (χ2n) is 5.99. The zero-order chi connectivity index (χ0) is 13.9. The largest absolute Gasteiger partial charge is 0.375 e. The number of hydrogen-bond acceptors (Lipinski definition) is 2. The number of halogens is 1. The van der Waals surface area contributed by atoms with Crippen molar-refractivity contribution in [1.29, 1.82) is 0 Å². The van der Waals surface area contributed by atoms with E-state index in [1.807, 2.05) is 13.0 Å². The fourth-order valence-corrected chi connectivity index (χ4v) is 2.65. The highest BCUT2D eigenvalue weighted by atomic mass is 19.1. The van der Waals surface area contributed by atoms with Crippen LogP contribution in [-0.2, 0) is 4.74 Å². The Hall–Kier alpha value is -0.930. The molecule has 0 amide bonds. The molecule has 0 aliphatic heterocycles. The summed E-state index contributed by atoms with van der Waals surface area (Å²) >= 11 is 0. The third kappa shape index (κ3) is 4.02. The van der Waals surface area contributed by atoms with Gasteiger partial charge in [-0.15, -0.1) is 0 Å². The SMILES string of the molecule is CCOC(C)(C)CNC1CC(c2cccc(F)c2)C1. The van der Waals surface area contributed by atoms with Gasteiger partial charge in [0.2, 0.25) is 0 Å². The number of rotatable bonds is 6. The van der Waals surface area contributed by atoms with E-state index in [0.29, 0.717) is 12.0 Å². The van der Waals surface area contributed by atoms with E-state index in [9.17, 15) is 4.39 Å². The van der Waals surface area contributed by atoms with E-state index in [1.165, 1.54) is 6.07 Å². The number of benzene rings is 1. The summed E-state index contributed by atoms with van der Waals surface area (Å²) in [5, 5.41) is 3.54. The first-order valence-corrected chi connectivity index (χ1v) is 7.13. The molecular formula is C16H24FNO. The van der Waals surface area contributed by atoms with Crippen LogP contribution in [0, 0.1) is 5.82 Å². The maximum Gasteiger partial charge on any atom is 0.123 e. The van der Waals surface area contributed by atoms with Crippen LogP contribution in [-0.4, -0.2) is 24.8 Å². The smallest absolute Gasteiger partial charge is 0.123 e. The first kappa shape index (κ1) is 14.5. The molecule has 0 spiro atoms. The van der Waals surface area contributed by atoms with Gasteiger partial charge in [0.25, 0.3) is 0 Å². The molecule has 0 heterocycles. The van der Waals surface area contributed by atoms with Gasteiger partial charge >= 0.3 is 0 Å². The van der Waals surface area contributed by atoms with Crippen LogP contribution in [0.15, 0.2) is 24.3 Å². The van der Waals surface area contributed by atoms with Crippen molar-refractivity contribution in [3.05, 3.63) is 35.6 Å². The van der Waals surface area contributed by atoms with Crippen LogP contribution in [0.2, 0.25) is 0 Å². The predicted octanol–water partition coefficient (Wildman–Crippen LogP) is 3.48. The monoisotopic (exact) mass is 265 g/mol. The van der Waals surface area contributed by atoms with Gasteiger partial charge in [0.1, 0.15) is 5.82 Å². The van der Waals surface area contributed by atoms with Gasteiger partial charge in [-0.1, -0.05) is 12.1 Å². The molecule has 1 aromatic carbocycles. The first-order valence-electron chi connectivity index (χ1n) is 7.13. The average Bonchev–Trinajstić information content (AvgIpc) is 2.26. The third-order valence-corrected chi connectivity index (χ3v) is 3.81. The van der Waals surface area contributed by atoms with Crippen molar-refractivity contribution in [2.24, 2.45) is 0 Å². The minimum Gasteiger partial charge on any atom is -0.375 e. The molecule has 106 valence electrons. The predicted molar refractivity (Wildman–Crippen MR) is 75.9 cm³/mol. The summed E-state index contributed by atoms with van der Waals surface area (Å²) < 4.78 is 18.8. The molecule has 0 saturated heterocycles. The Balaban J connectivity index is 1.75. The van der Waals surface area contributed by atoms with E-state index in [4.69, 9.17) is 4.74 Å². The fourth-order valence-electron chi connectivity index (χ4n) is 2.65. The summed E-state index contributed by atoms with van der Waals surface area (Å²) in [6.07, 6.45) is 2.18. The lowest BCUT2D eigenvalue weighted by Crippen LogP contribution is -2.47. The Morgan fingerprint density at radius 2 is 2.11 bits per heavy atom. The maximum absolute atomic E-state index is 13.1. The minimum absolute atomic E-state index is 0.112. The fraction of sp³-hybridized carbons (Fsp3) is 0.625. The van der Waals surface area contributed by atoms with E-state index in [1.54, 1.807) is 12.1 Å². The Morgan fingerprint density at radius 1 is 1.37 bits per heavy atom. The van der Waals surface area contributed by atoms with Crippen LogP contribution in [0.3, 0.4) is 0 Å². The summed E-state index contributed by atoms with van der Waals surface area (Å²) in [7, 11) is 0. The highest BCUT2D eigenvalue weighted by molar-refractivity contribution is 5.23. The van der Waals surface area contributed by atoms with Gasteiger partial charge < -0.3 is 10.1 Å². The lowest BCUT2D eigenvalue weighted by atomic mass is 9.75. The maximum atomic E-state index is 13.1. The normalized spacial score (nSPS) is 23.2. The van der Waals surface area contributed by atoms with Crippen LogP contribution in [0.25, 0.3) is 0 Å². The molecule has 0 bridgehead atoms. The van der Waals surface area contributed by atoms with Crippen molar-refractivity contribution in [3.8, 4) is 0 Å². The lowest BCUT2D eigenvalue weighted by Gasteiger charge is -2.38. The third-order valence-electron chi connectivity index (χ3n) is 3.81. The van der Waals surface area contributed by atoms with Gasteiger partial charge in [0.15, 0.2) is 0 Å². The van der Waals surface area contributed by atoms with Crippen molar-refractivity contribution in [2.75, 3.05) is 13.2 Å². The van der Waals surface area contributed by atoms with Crippen molar-refractivity contribution in [1.82, 2.24) is 5.32 Å². The highest BCUT2D eigenvalue weighted by Crippen LogP contribution is 2.37. The molecule has 1 N–H and O–H groups in total. The van der Waals surface area contributed by atoms with Crippen LogP contribution in [0.4, 0.5) is 4.39 Å². The topological polar surface area (TPSA) is 21.3 Å². The number of hydrogen-bond donors (Lipinski definition) is 1. The first-order chi connectivity index (χ1) is 9.00. The molecule has 3 heteroatoms. The lowest BCUT2D eigenvalue weighted by molar-refractivity contribution is -0.0128. The Labute approximate surface area is 115 Å². The van der Waals surface area contributed by atoms with Crippen molar-refractivity contribution in [3.63, 3.8) is 0 Å². The van der Waals surface area contributed by atoms with Crippen LogP contribution in [0.1, 0.15) is 45.1 Å². The molecule has 1 saturated carbocycles. The Bertz CT molecular complexity index is 413. The summed E-state index contributed by atoms with van der Waals surface area (Å²) in [6, 6.07) is 7.51. The summed E-state index contributed by atoms with van der Waals surface area (Å²) in [4.78, 5) is 0. The molecule has 1 aromatic rings. The zero-order valence-corrected chi connectivity index (χ0v) is 12.1. The van der Waals surface area contributed by atoms with Crippen LogP contribution >= 0.6 is 0 Å².